The van der Waals surface area contributed by atoms with Gasteiger partial charge in [0.25, 0.3) is 0 Å². The minimum atomic E-state index is 0.559. The lowest BCUT2D eigenvalue weighted by atomic mass is 10.7. The Labute approximate surface area is 67.4 Å². The normalized spacial score (nSPS) is 8.89. The molecule has 0 radical (unpaired) electrons. The van der Waals surface area contributed by atoms with Gasteiger partial charge in [0, 0.05) is 6.20 Å². The molecule has 3 heteroatoms. The Hall–Kier alpha value is -0.500. The molecule has 0 saturated heterocycles. The van der Waals surface area contributed by atoms with E-state index in [9.17, 15) is 0 Å². The highest BCUT2D eigenvalue weighted by atomic mass is 127. The minimum absolute atomic E-state index is 0.559. The third-order valence-electron chi connectivity index (χ3n) is 0.861. The first kappa shape index (κ1) is 6.62. The zero-order valence-corrected chi connectivity index (χ0v) is 6.87. The van der Waals surface area contributed by atoms with Crippen molar-refractivity contribution in [2.24, 2.45) is 0 Å². The monoisotopic (exact) mass is 232 g/mol. The van der Waals surface area contributed by atoms with Crippen LogP contribution in [0.15, 0.2) is 12.3 Å². The van der Waals surface area contributed by atoms with Gasteiger partial charge in [-0.3, -0.25) is 4.68 Å². The molecule has 2 nitrogen and oxygen atoms in total. The molecule has 0 atom stereocenters. The molecule has 1 aromatic rings. The van der Waals surface area contributed by atoms with Crippen molar-refractivity contribution in [2.45, 2.75) is 6.54 Å². The average molecular weight is 232 g/mol. The summed E-state index contributed by atoms with van der Waals surface area (Å²) in [5, 5.41) is 4.06. The van der Waals surface area contributed by atoms with Crippen LogP contribution < -0.4 is 0 Å². The van der Waals surface area contributed by atoms with Crippen molar-refractivity contribution < 1.29 is 0 Å². The Kier molecular flexibility index (Phi) is 2.11. The molecule has 1 rings (SSSR count). The molecule has 0 saturated carbocycles. The molecule has 1 heterocycles. The summed E-state index contributed by atoms with van der Waals surface area (Å²) in [7, 11) is 0. The fourth-order valence-corrected chi connectivity index (χ4v) is 0.956. The summed E-state index contributed by atoms with van der Waals surface area (Å²) in [4.78, 5) is 0. The fourth-order valence-electron chi connectivity index (χ4n) is 0.519. The maximum atomic E-state index is 5.06. The van der Waals surface area contributed by atoms with Gasteiger partial charge in [-0.25, -0.2) is 0 Å². The Morgan fingerprint density at radius 2 is 2.67 bits per heavy atom. The van der Waals surface area contributed by atoms with Gasteiger partial charge in [-0.1, -0.05) is 5.92 Å². The number of rotatable bonds is 1. The molecule has 0 aliphatic carbocycles. The lowest BCUT2D eigenvalue weighted by Crippen LogP contribution is -1.95. The molecule has 0 aliphatic heterocycles. The van der Waals surface area contributed by atoms with E-state index in [1.165, 1.54) is 0 Å². The van der Waals surface area contributed by atoms with Crippen molar-refractivity contribution >= 4 is 22.6 Å². The van der Waals surface area contributed by atoms with Crippen LogP contribution in [0.1, 0.15) is 0 Å². The van der Waals surface area contributed by atoms with Gasteiger partial charge in [0.2, 0.25) is 0 Å². The molecular weight excluding hydrogens is 227 g/mol. The van der Waals surface area contributed by atoms with Crippen molar-refractivity contribution in [3.63, 3.8) is 0 Å². The third-order valence-corrected chi connectivity index (χ3v) is 1.44. The van der Waals surface area contributed by atoms with Gasteiger partial charge >= 0.3 is 0 Å². The van der Waals surface area contributed by atoms with E-state index in [0.29, 0.717) is 6.54 Å². The number of aromatic nitrogens is 2. The zero-order chi connectivity index (χ0) is 6.69. The highest BCUT2D eigenvalue weighted by Crippen LogP contribution is 1.97. The Bertz CT molecular complexity index is 233. The average Bonchev–Trinajstić information content (AvgIpc) is 2.17. The molecule has 0 aromatic carbocycles. The standard InChI is InChI=1S/C6H5IN2/c1-2-4-9-5-3-6(7)8-9/h1,3,5H,4H2. The Morgan fingerprint density at radius 3 is 3.11 bits per heavy atom. The second kappa shape index (κ2) is 2.87. The van der Waals surface area contributed by atoms with E-state index in [2.05, 4.69) is 33.6 Å². The van der Waals surface area contributed by atoms with Crippen LogP contribution in [0.2, 0.25) is 0 Å². The summed E-state index contributed by atoms with van der Waals surface area (Å²) >= 11 is 2.14. The van der Waals surface area contributed by atoms with Crippen molar-refractivity contribution in [3.05, 3.63) is 16.0 Å². The van der Waals surface area contributed by atoms with Crippen LogP contribution in [0.25, 0.3) is 0 Å². The zero-order valence-electron chi connectivity index (χ0n) is 4.71. The van der Waals surface area contributed by atoms with Gasteiger partial charge in [-0.15, -0.1) is 6.42 Å². The number of hydrogen-bond donors (Lipinski definition) is 0. The van der Waals surface area contributed by atoms with Gasteiger partial charge < -0.3 is 0 Å². The van der Waals surface area contributed by atoms with Gasteiger partial charge in [-0.2, -0.15) is 5.10 Å². The Morgan fingerprint density at radius 1 is 1.89 bits per heavy atom. The first-order chi connectivity index (χ1) is 4.33. The summed E-state index contributed by atoms with van der Waals surface area (Å²) in [5.74, 6) is 2.49. The fraction of sp³-hybridized carbons (Fsp3) is 0.167. The first-order valence-corrected chi connectivity index (χ1v) is 3.53. The SMILES string of the molecule is C#CCn1ccc(I)n1. The second-order valence-corrected chi connectivity index (χ2v) is 2.65. The molecular formula is C6H5IN2. The molecule has 0 spiro atoms. The summed E-state index contributed by atoms with van der Waals surface area (Å²) in [6, 6.07) is 1.91. The summed E-state index contributed by atoms with van der Waals surface area (Å²) < 4.78 is 2.70. The predicted octanol–water partition coefficient (Wildman–Crippen LogP) is 1.12. The van der Waals surface area contributed by atoms with Crippen molar-refractivity contribution in [1.29, 1.82) is 0 Å². The van der Waals surface area contributed by atoms with Crippen LogP contribution in [0, 0.1) is 16.0 Å². The quantitative estimate of drug-likeness (QED) is 0.524. The smallest absolute Gasteiger partial charge is 0.123 e. The molecule has 0 amide bonds. The van der Waals surface area contributed by atoms with Gasteiger partial charge in [0.15, 0.2) is 0 Å². The molecule has 0 bridgehead atoms. The number of hydrogen-bond acceptors (Lipinski definition) is 1. The third kappa shape index (κ3) is 1.72. The molecule has 0 unspecified atom stereocenters. The number of terminal acetylenes is 1. The van der Waals surface area contributed by atoms with E-state index in [4.69, 9.17) is 6.42 Å². The number of nitrogens with zero attached hydrogens (tertiary/aromatic N) is 2. The molecule has 46 valence electrons. The molecule has 0 N–H and O–H groups in total. The van der Waals surface area contributed by atoms with Crippen LogP contribution in [0.5, 0.6) is 0 Å². The van der Waals surface area contributed by atoms with E-state index < -0.39 is 0 Å². The molecule has 1 aromatic heterocycles. The van der Waals surface area contributed by atoms with Crippen molar-refractivity contribution in [3.8, 4) is 12.3 Å². The maximum absolute atomic E-state index is 5.06. The van der Waals surface area contributed by atoms with Crippen LogP contribution in [-0.4, -0.2) is 9.78 Å². The largest absolute Gasteiger partial charge is 0.260 e. The van der Waals surface area contributed by atoms with Gasteiger partial charge in [0.1, 0.15) is 10.2 Å². The van der Waals surface area contributed by atoms with Crippen molar-refractivity contribution in [2.75, 3.05) is 0 Å². The van der Waals surface area contributed by atoms with Crippen LogP contribution in [-0.2, 0) is 6.54 Å². The van der Waals surface area contributed by atoms with Gasteiger partial charge in [0.05, 0.1) is 0 Å². The summed E-state index contributed by atoms with van der Waals surface area (Å²) in [6.07, 6.45) is 6.92. The maximum Gasteiger partial charge on any atom is 0.123 e. The number of halogens is 1. The minimum Gasteiger partial charge on any atom is -0.260 e. The Balaban J connectivity index is 2.76. The highest BCUT2D eigenvalue weighted by molar-refractivity contribution is 14.1. The van der Waals surface area contributed by atoms with Gasteiger partial charge in [-0.05, 0) is 28.7 Å². The van der Waals surface area contributed by atoms with E-state index in [-0.39, 0.29) is 0 Å². The summed E-state index contributed by atoms with van der Waals surface area (Å²) in [6.45, 7) is 0.559. The summed E-state index contributed by atoms with van der Waals surface area (Å²) in [5.41, 5.74) is 0. The first-order valence-electron chi connectivity index (χ1n) is 2.45. The molecule has 0 fully saturated rings. The van der Waals surface area contributed by atoms with Crippen LogP contribution in [0.3, 0.4) is 0 Å². The van der Waals surface area contributed by atoms with Crippen LogP contribution in [0.4, 0.5) is 0 Å². The molecule has 9 heavy (non-hydrogen) atoms. The van der Waals surface area contributed by atoms with E-state index >= 15 is 0 Å². The lowest BCUT2D eigenvalue weighted by Gasteiger charge is -1.88. The van der Waals surface area contributed by atoms with E-state index in [1.807, 2.05) is 12.3 Å². The lowest BCUT2D eigenvalue weighted by molar-refractivity contribution is 0.709. The predicted molar refractivity (Wildman–Crippen MR) is 43.8 cm³/mol. The topological polar surface area (TPSA) is 17.8 Å². The molecule has 0 aliphatic rings. The van der Waals surface area contributed by atoms with Crippen molar-refractivity contribution in [1.82, 2.24) is 9.78 Å². The van der Waals surface area contributed by atoms with E-state index in [0.717, 1.165) is 3.70 Å². The van der Waals surface area contributed by atoms with Crippen LogP contribution >= 0.6 is 22.6 Å². The second-order valence-electron chi connectivity index (χ2n) is 1.54. The van der Waals surface area contributed by atoms with E-state index in [1.54, 1.807) is 4.68 Å². The highest BCUT2D eigenvalue weighted by Gasteiger charge is 1.89.